The van der Waals surface area contributed by atoms with Gasteiger partial charge in [0.2, 0.25) is 5.91 Å². The number of amides is 1. The predicted molar refractivity (Wildman–Crippen MR) is 90.3 cm³/mol. The molecule has 0 aliphatic heterocycles. The first-order valence-electron chi connectivity index (χ1n) is 8.03. The number of ether oxygens (including phenoxy) is 1. The summed E-state index contributed by atoms with van der Waals surface area (Å²) in [4.78, 5) is 23.6. The molecule has 0 bridgehead atoms. The Bertz CT molecular complexity index is 877. The van der Waals surface area contributed by atoms with E-state index in [1.165, 1.54) is 6.92 Å². The number of fused-ring (bicyclic) bond motifs is 1. The molecule has 1 N–H and O–H groups in total. The van der Waals surface area contributed by atoms with E-state index in [0.29, 0.717) is 36.1 Å². The summed E-state index contributed by atoms with van der Waals surface area (Å²) >= 11 is 0. The first-order chi connectivity index (χ1) is 12.4. The molecule has 0 radical (unpaired) electrons. The predicted octanol–water partition coefficient (Wildman–Crippen LogP) is 2.94. The fourth-order valence-electron chi connectivity index (χ4n) is 2.88. The van der Waals surface area contributed by atoms with Crippen LogP contribution in [-0.2, 0) is 26.0 Å². The summed E-state index contributed by atoms with van der Waals surface area (Å²) in [6, 6.07) is 4.86. The van der Waals surface area contributed by atoms with E-state index < -0.39 is 39.7 Å². The molecular formula is C17H18F3NO5S. The molecule has 27 heavy (non-hydrogen) atoms. The van der Waals surface area contributed by atoms with Crippen molar-refractivity contribution in [3.05, 3.63) is 41.5 Å². The van der Waals surface area contributed by atoms with Crippen LogP contribution >= 0.6 is 0 Å². The molecular weight excluding hydrogens is 387 g/mol. The Morgan fingerprint density at radius 3 is 2.59 bits per heavy atom. The summed E-state index contributed by atoms with van der Waals surface area (Å²) in [5.74, 6) is -2.04. The van der Waals surface area contributed by atoms with E-state index in [1.54, 1.807) is 18.2 Å². The zero-order valence-corrected chi connectivity index (χ0v) is 15.2. The normalized spacial score (nSPS) is 17.0. The number of esters is 1. The van der Waals surface area contributed by atoms with Crippen LogP contribution in [0.3, 0.4) is 0 Å². The second-order valence-corrected chi connectivity index (χ2v) is 7.94. The minimum Gasteiger partial charge on any atom is -0.423 e. The summed E-state index contributed by atoms with van der Waals surface area (Å²) < 4.78 is 65.6. The molecule has 0 fully saturated rings. The number of halogens is 3. The number of sulfonamides is 1. The van der Waals surface area contributed by atoms with Gasteiger partial charge in [0.25, 0.3) is 0 Å². The van der Waals surface area contributed by atoms with E-state index in [9.17, 15) is 31.2 Å². The third kappa shape index (κ3) is 4.88. The van der Waals surface area contributed by atoms with E-state index in [-0.39, 0.29) is 5.57 Å². The van der Waals surface area contributed by atoms with Crippen molar-refractivity contribution in [2.24, 2.45) is 0 Å². The van der Waals surface area contributed by atoms with Gasteiger partial charge >= 0.3 is 21.5 Å². The van der Waals surface area contributed by atoms with Crippen LogP contribution in [0.5, 0.6) is 5.75 Å². The number of hydrogen-bond acceptors (Lipinski definition) is 5. The van der Waals surface area contributed by atoms with E-state index in [2.05, 4.69) is 6.58 Å². The third-order valence-corrected chi connectivity index (χ3v) is 5.23. The SMILES string of the molecule is C=C(C)C(=O)Oc1cccc2c1CCCC2CC(=O)NS(=O)(=O)C(F)(F)F. The Balaban J connectivity index is 2.20. The summed E-state index contributed by atoms with van der Waals surface area (Å²) in [7, 11) is -5.74. The van der Waals surface area contributed by atoms with Crippen LogP contribution in [-0.4, -0.2) is 25.8 Å². The van der Waals surface area contributed by atoms with Gasteiger partial charge in [-0.05, 0) is 49.3 Å². The van der Waals surface area contributed by atoms with Crippen molar-refractivity contribution >= 4 is 21.9 Å². The number of carbonyl (C=O) groups excluding carboxylic acids is 2. The zero-order valence-electron chi connectivity index (χ0n) is 14.4. The minimum absolute atomic E-state index is 0.205. The molecule has 1 aromatic carbocycles. The maximum absolute atomic E-state index is 12.4. The van der Waals surface area contributed by atoms with Crippen LogP contribution in [0.1, 0.15) is 43.2 Å². The van der Waals surface area contributed by atoms with Crippen molar-refractivity contribution in [1.29, 1.82) is 0 Å². The van der Waals surface area contributed by atoms with Gasteiger partial charge in [0, 0.05) is 12.0 Å². The quantitative estimate of drug-likeness (QED) is 0.462. The fourth-order valence-corrected chi connectivity index (χ4v) is 3.38. The molecule has 1 aromatic rings. The van der Waals surface area contributed by atoms with Crippen LogP contribution in [0, 0.1) is 0 Å². The number of rotatable bonds is 5. The van der Waals surface area contributed by atoms with E-state index in [0.717, 1.165) is 4.72 Å². The lowest BCUT2D eigenvalue weighted by Crippen LogP contribution is -2.40. The number of alkyl halides is 3. The number of benzene rings is 1. The van der Waals surface area contributed by atoms with Gasteiger partial charge in [-0.1, -0.05) is 18.7 Å². The zero-order chi connectivity index (χ0) is 20.4. The summed E-state index contributed by atoms with van der Waals surface area (Å²) in [5, 5.41) is 0. The van der Waals surface area contributed by atoms with Crippen LogP contribution in [0.25, 0.3) is 0 Å². The van der Waals surface area contributed by atoms with Crippen molar-refractivity contribution in [2.75, 3.05) is 0 Å². The highest BCUT2D eigenvalue weighted by molar-refractivity contribution is 7.90. The Kier molecular flexibility index (Phi) is 5.98. The van der Waals surface area contributed by atoms with Crippen molar-refractivity contribution < 1.29 is 35.9 Å². The average molecular weight is 405 g/mol. The lowest BCUT2D eigenvalue weighted by Gasteiger charge is -2.26. The molecule has 0 saturated carbocycles. The maximum Gasteiger partial charge on any atom is 0.516 e. The fraction of sp³-hybridized carbons (Fsp3) is 0.412. The number of hydrogen-bond donors (Lipinski definition) is 1. The van der Waals surface area contributed by atoms with Gasteiger partial charge in [-0.25, -0.2) is 9.52 Å². The van der Waals surface area contributed by atoms with Crippen LogP contribution in [0.2, 0.25) is 0 Å². The van der Waals surface area contributed by atoms with E-state index in [1.807, 2.05) is 0 Å². The average Bonchev–Trinajstić information content (AvgIpc) is 2.53. The molecule has 148 valence electrons. The van der Waals surface area contributed by atoms with E-state index in [4.69, 9.17) is 4.74 Å². The molecule has 1 atom stereocenters. The molecule has 10 heteroatoms. The summed E-state index contributed by atoms with van der Waals surface area (Å²) in [5.41, 5.74) is -4.03. The van der Waals surface area contributed by atoms with Crippen LogP contribution in [0.15, 0.2) is 30.4 Å². The molecule has 0 spiro atoms. The summed E-state index contributed by atoms with van der Waals surface area (Å²) in [6.45, 7) is 4.99. The Morgan fingerprint density at radius 2 is 2.00 bits per heavy atom. The topological polar surface area (TPSA) is 89.5 Å². The van der Waals surface area contributed by atoms with Gasteiger partial charge < -0.3 is 4.74 Å². The third-order valence-electron chi connectivity index (χ3n) is 4.12. The molecule has 1 aliphatic rings. The molecule has 1 amide bonds. The Hall–Kier alpha value is -2.36. The summed E-state index contributed by atoms with van der Waals surface area (Å²) in [6.07, 6.45) is 1.23. The first-order valence-corrected chi connectivity index (χ1v) is 9.52. The second-order valence-electron chi connectivity index (χ2n) is 6.26. The van der Waals surface area contributed by atoms with Gasteiger partial charge in [0.1, 0.15) is 5.75 Å². The Morgan fingerprint density at radius 1 is 1.33 bits per heavy atom. The minimum atomic E-state index is -5.74. The lowest BCUT2D eigenvalue weighted by molar-refractivity contribution is -0.130. The van der Waals surface area contributed by atoms with Crippen LogP contribution in [0.4, 0.5) is 13.2 Å². The van der Waals surface area contributed by atoms with Gasteiger partial charge in [-0.2, -0.15) is 21.6 Å². The Labute approximate surface area is 154 Å². The second kappa shape index (κ2) is 7.71. The number of carbonyl (C=O) groups is 2. The van der Waals surface area contributed by atoms with Gasteiger partial charge in [0.05, 0.1) is 0 Å². The van der Waals surface area contributed by atoms with Crippen molar-refractivity contribution in [1.82, 2.24) is 4.72 Å². The van der Waals surface area contributed by atoms with Gasteiger partial charge in [0.15, 0.2) is 0 Å². The van der Waals surface area contributed by atoms with Gasteiger partial charge in [-0.15, -0.1) is 0 Å². The maximum atomic E-state index is 12.4. The molecule has 0 heterocycles. The highest BCUT2D eigenvalue weighted by atomic mass is 32.2. The highest BCUT2D eigenvalue weighted by Gasteiger charge is 2.47. The molecule has 2 rings (SSSR count). The highest BCUT2D eigenvalue weighted by Crippen LogP contribution is 2.38. The largest absolute Gasteiger partial charge is 0.516 e. The lowest BCUT2D eigenvalue weighted by atomic mass is 9.80. The van der Waals surface area contributed by atoms with Crippen LogP contribution < -0.4 is 9.46 Å². The monoisotopic (exact) mass is 405 g/mol. The molecule has 0 aromatic heterocycles. The standard InChI is InChI=1S/C17H18F3NO5S/c1-10(2)16(23)26-14-8-4-6-12-11(5-3-7-13(12)14)9-15(22)21-27(24,25)17(18,19)20/h4,6,8,11H,1,3,5,7,9H2,2H3,(H,21,22). The smallest absolute Gasteiger partial charge is 0.423 e. The molecule has 0 saturated heterocycles. The van der Waals surface area contributed by atoms with E-state index >= 15 is 0 Å². The molecule has 1 aliphatic carbocycles. The van der Waals surface area contributed by atoms with Crippen molar-refractivity contribution in [3.63, 3.8) is 0 Å². The van der Waals surface area contributed by atoms with Crippen molar-refractivity contribution in [3.8, 4) is 5.75 Å². The van der Waals surface area contributed by atoms with Crippen molar-refractivity contribution in [2.45, 2.75) is 44.0 Å². The molecule has 1 unspecified atom stereocenters. The molecule has 6 nitrogen and oxygen atoms in total. The van der Waals surface area contributed by atoms with Gasteiger partial charge in [-0.3, -0.25) is 4.79 Å². The first kappa shape index (κ1) is 20.9. The number of nitrogens with one attached hydrogen (secondary N) is 1.